The van der Waals surface area contributed by atoms with E-state index >= 15 is 0 Å². The molecule has 2 heterocycles. The van der Waals surface area contributed by atoms with Crippen LogP contribution in [0.5, 0.6) is 11.5 Å². The maximum absolute atomic E-state index is 13.0. The first-order valence-corrected chi connectivity index (χ1v) is 7.97. The van der Waals surface area contributed by atoms with E-state index in [2.05, 4.69) is 10.1 Å². The molecule has 3 rings (SSSR count). The van der Waals surface area contributed by atoms with Crippen LogP contribution in [0.4, 0.5) is 26.3 Å². The van der Waals surface area contributed by atoms with Crippen LogP contribution in [0.2, 0.25) is 0 Å². The lowest BCUT2D eigenvalue weighted by molar-refractivity contribution is -0.141. The minimum atomic E-state index is -4.70. The number of halogens is 6. The zero-order valence-corrected chi connectivity index (χ0v) is 14.9. The molecule has 0 aliphatic rings. The molecule has 0 spiro atoms. The van der Waals surface area contributed by atoms with Crippen molar-refractivity contribution in [3.05, 3.63) is 47.9 Å². The molecule has 11 heteroatoms. The molecule has 0 aliphatic heterocycles. The van der Waals surface area contributed by atoms with Crippen LogP contribution in [0.15, 0.2) is 36.7 Å². The predicted molar refractivity (Wildman–Crippen MR) is 90.1 cm³/mol. The Balaban J connectivity index is 2.22. The van der Waals surface area contributed by atoms with Crippen molar-refractivity contribution in [3.8, 4) is 33.9 Å². The molecule has 3 aromatic rings. The molecule has 29 heavy (non-hydrogen) atoms. The summed E-state index contributed by atoms with van der Waals surface area (Å²) in [6.07, 6.45) is -7.67. The first-order chi connectivity index (χ1) is 13.4. The zero-order valence-electron chi connectivity index (χ0n) is 14.9. The Bertz CT molecular complexity index is 1060. The largest absolute Gasteiger partial charge is 0.506 e. The summed E-state index contributed by atoms with van der Waals surface area (Å²) in [6, 6.07) is 4.11. The number of phenols is 1. The molecule has 0 aliphatic carbocycles. The summed E-state index contributed by atoms with van der Waals surface area (Å²) in [7, 11) is 2.49. The van der Waals surface area contributed by atoms with Crippen molar-refractivity contribution < 1.29 is 36.2 Å². The van der Waals surface area contributed by atoms with Gasteiger partial charge >= 0.3 is 12.4 Å². The maximum atomic E-state index is 13.0. The summed E-state index contributed by atoms with van der Waals surface area (Å²) in [4.78, 5) is 3.55. The number of aromatic hydroxyl groups is 1. The number of aryl methyl sites for hydroxylation is 1. The first-order valence-electron chi connectivity index (χ1n) is 7.97. The number of rotatable bonds is 3. The van der Waals surface area contributed by atoms with Gasteiger partial charge in [0.15, 0.2) is 5.69 Å². The van der Waals surface area contributed by atoms with Gasteiger partial charge in [-0.25, -0.2) is 0 Å². The van der Waals surface area contributed by atoms with Crippen LogP contribution in [0.3, 0.4) is 0 Å². The highest BCUT2D eigenvalue weighted by atomic mass is 19.4. The van der Waals surface area contributed by atoms with E-state index in [1.54, 1.807) is 0 Å². The molecule has 0 bridgehead atoms. The number of alkyl halides is 6. The second kappa shape index (κ2) is 6.98. The molecule has 0 amide bonds. The van der Waals surface area contributed by atoms with Gasteiger partial charge in [-0.2, -0.15) is 31.4 Å². The average Bonchev–Trinajstić information content (AvgIpc) is 3.02. The fourth-order valence-electron chi connectivity index (χ4n) is 2.82. The van der Waals surface area contributed by atoms with Gasteiger partial charge < -0.3 is 9.84 Å². The lowest BCUT2D eigenvalue weighted by Gasteiger charge is -2.15. The molecule has 154 valence electrons. The van der Waals surface area contributed by atoms with Crippen molar-refractivity contribution in [2.45, 2.75) is 12.4 Å². The van der Waals surface area contributed by atoms with Gasteiger partial charge in [0.25, 0.3) is 0 Å². The second-order valence-corrected chi connectivity index (χ2v) is 6.04. The lowest BCUT2D eigenvalue weighted by Crippen LogP contribution is -2.06. The molecule has 0 saturated heterocycles. The van der Waals surface area contributed by atoms with Crippen molar-refractivity contribution in [2.24, 2.45) is 7.05 Å². The van der Waals surface area contributed by atoms with E-state index in [1.165, 1.54) is 26.3 Å². The second-order valence-electron chi connectivity index (χ2n) is 6.04. The van der Waals surface area contributed by atoms with E-state index in [9.17, 15) is 31.4 Å². The Morgan fingerprint density at radius 1 is 1.00 bits per heavy atom. The van der Waals surface area contributed by atoms with Crippen LogP contribution in [0, 0.1) is 0 Å². The number of aromatic nitrogens is 3. The highest BCUT2D eigenvalue weighted by molar-refractivity contribution is 5.85. The van der Waals surface area contributed by atoms with Crippen molar-refractivity contribution in [3.63, 3.8) is 0 Å². The van der Waals surface area contributed by atoms with E-state index in [1.807, 2.05) is 0 Å². The van der Waals surface area contributed by atoms with Crippen LogP contribution in [-0.4, -0.2) is 27.0 Å². The van der Waals surface area contributed by atoms with E-state index < -0.39 is 29.4 Å². The average molecular weight is 417 g/mol. The monoisotopic (exact) mass is 417 g/mol. The van der Waals surface area contributed by atoms with Crippen molar-refractivity contribution in [1.29, 1.82) is 0 Å². The normalized spacial score (nSPS) is 12.3. The van der Waals surface area contributed by atoms with Crippen LogP contribution < -0.4 is 4.74 Å². The lowest BCUT2D eigenvalue weighted by atomic mass is 9.98. The molecule has 5 nitrogen and oxygen atoms in total. The van der Waals surface area contributed by atoms with Crippen LogP contribution >= 0.6 is 0 Å². The molecule has 0 atom stereocenters. The number of hydrogen-bond donors (Lipinski definition) is 1. The van der Waals surface area contributed by atoms with Crippen molar-refractivity contribution in [1.82, 2.24) is 14.8 Å². The van der Waals surface area contributed by atoms with Gasteiger partial charge in [-0.15, -0.1) is 0 Å². The molecule has 0 saturated carbocycles. The van der Waals surface area contributed by atoms with Gasteiger partial charge in [0.1, 0.15) is 11.5 Å². The number of nitrogens with zero attached hydrogens (tertiary/aromatic N) is 3. The smallest absolute Gasteiger partial charge is 0.435 e. The molecular formula is C18H13F6N3O2. The summed E-state index contributed by atoms with van der Waals surface area (Å²) in [5.74, 6) is -0.548. The Hall–Kier alpha value is -3.24. The predicted octanol–water partition coefficient (Wildman–Crippen LogP) is 4.90. The van der Waals surface area contributed by atoms with Crippen LogP contribution in [0.25, 0.3) is 22.4 Å². The van der Waals surface area contributed by atoms with Crippen LogP contribution in [-0.2, 0) is 19.4 Å². The van der Waals surface area contributed by atoms with E-state index in [-0.39, 0.29) is 28.1 Å². The van der Waals surface area contributed by atoms with Gasteiger partial charge in [0, 0.05) is 30.6 Å². The maximum Gasteiger partial charge on any atom is 0.435 e. The SMILES string of the molecule is COc1ccc(-c2cc(C(F)(F)F)nn2C)c(O)c1-c1cncc(C(F)(F)F)c1. The minimum Gasteiger partial charge on any atom is -0.506 e. The Morgan fingerprint density at radius 3 is 2.24 bits per heavy atom. The fourth-order valence-corrected chi connectivity index (χ4v) is 2.82. The Morgan fingerprint density at radius 2 is 1.69 bits per heavy atom. The van der Waals surface area contributed by atoms with Crippen molar-refractivity contribution in [2.75, 3.05) is 7.11 Å². The Labute approximate surface area is 160 Å². The highest BCUT2D eigenvalue weighted by Crippen LogP contribution is 2.45. The molecule has 0 radical (unpaired) electrons. The first kappa shape index (κ1) is 20.5. The van der Waals surface area contributed by atoms with E-state index in [0.717, 1.165) is 23.0 Å². The topological polar surface area (TPSA) is 60.2 Å². The standard InChI is InChI=1S/C18H13F6N3O2/c1-27-12(6-14(26-27)18(22,23)24)11-3-4-13(29-2)15(16(11)28)9-5-10(8-25-7-9)17(19,20)21/h3-8,28H,1-2H3. The zero-order chi connectivity index (χ0) is 21.6. The highest BCUT2D eigenvalue weighted by Gasteiger charge is 2.35. The van der Waals surface area contributed by atoms with E-state index in [0.29, 0.717) is 6.20 Å². The summed E-state index contributed by atoms with van der Waals surface area (Å²) in [5.41, 5.74) is -2.63. The summed E-state index contributed by atoms with van der Waals surface area (Å²) in [6.45, 7) is 0. The summed E-state index contributed by atoms with van der Waals surface area (Å²) >= 11 is 0. The third-order valence-electron chi connectivity index (χ3n) is 4.16. The molecule has 0 fully saturated rings. The molecule has 2 aromatic heterocycles. The summed E-state index contributed by atoms with van der Waals surface area (Å²) < 4.78 is 83.9. The quantitative estimate of drug-likeness (QED) is 0.616. The molecular weight excluding hydrogens is 404 g/mol. The van der Waals surface area contributed by atoms with Gasteiger partial charge in [-0.1, -0.05) is 0 Å². The van der Waals surface area contributed by atoms with Gasteiger partial charge in [-0.05, 0) is 24.3 Å². The number of methoxy groups -OCH3 is 1. The third kappa shape index (κ3) is 3.84. The van der Waals surface area contributed by atoms with Crippen molar-refractivity contribution >= 4 is 0 Å². The minimum absolute atomic E-state index is 0.0191. The summed E-state index contributed by atoms with van der Waals surface area (Å²) in [5, 5.41) is 14.1. The van der Waals surface area contributed by atoms with Gasteiger partial charge in [-0.3, -0.25) is 9.67 Å². The number of hydrogen-bond acceptors (Lipinski definition) is 4. The number of phenolic OH excluding ortho intramolecular Hbond substituents is 1. The molecule has 0 unspecified atom stereocenters. The van der Waals surface area contributed by atoms with Gasteiger partial charge in [0.05, 0.1) is 23.9 Å². The Kier molecular flexibility index (Phi) is 4.93. The van der Waals surface area contributed by atoms with Gasteiger partial charge in [0.2, 0.25) is 0 Å². The van der Waals surface area contributed by atoms with E-state index in [4.69, 9.17) is 4.74 Å². The number of pyridine rings is 1. The third-order valence-corrected chi connectivity index (χ3v) is 4.16. The van der Waals surface area contributed by atoms with Crippen LogP contribution in [0.1, 0.15) is 11.3 Å². The fraction of sp³-hybridized carbons (Fsp3) is 0.222. The number of benzene rings is 1. The molecule has 1 N–H and O–H groups in total. The number of ether oxygens (including phenoxy) is 1. The molecule has 1 aromatic carbocycles.